The van der Waals surface area contributed by atoms with E-state index in [4.69, 9.17) is 9.47 Å². The van der Waals surface area contributed by atoms with E-state index in [1.54, 1.807) is 0 Å². The molecule has 0 radical (unpaired) electrons. The molecule has 1 saturated heterocycles. The summed E-state index contributed by atoms with van der Waals surface area (Å²) in [5, 5.41) is 9.87. The lowest BCUT2D eigenvalue weighted by molar-refractivity contribution is 0.0166. The maximum atomic E-state index is 11.9. The van der Waals surface area contributed by atoms with Crippen LogP contribution in [0.3, 0.4) is 0 Å². The van der Waals surface area contributed by atoms with Crippen LogP contribution in [-0.4, -0.2) is 48.6 Å². The van der Waals surface area contributed by atoms with Crippen LogP contribution in [0.15, 0.2) is 6.07 Å². The molecule has 3 rings (SSSR count). The average Bonchev–Trinajstić information content (AvgIpc) is 3.02. The summed E-state index contributed by atoms with van der Waals surface area (Å²) in [5.41, 5.74) is 1.57. The fraction of sp³-hybridized carbons (Fsp3) is 0.733. The van der Waals surface area contributed by atoms with Gasteiger partial charge in [0.2, 0.25) is 0 Å². The van der Waals surface area contributed by atoms with Gasteiger partial charge in [-0.15, -0.1) is 0 Å². The summed E-state index contributed by atoms with van der Waals surface area (Å²) in [4.78, 5) is 11.9. The van der Waals surface area contributed by atoms with Gasteiger partial charge in [-0.1, -0.05) is 0 Å². The molecule has 1 aromatic rings. The number of hydrogen-bond donors (Lipinski definition) is 2. The predicted octanol–water partition coefficient (Wildman–Crippen LogP) is 1.60. The SMILES string of the molecule is O=C(NCCCOCC1CCCO1)c1cc(C2CC2)[nH]n1. The number of carbonyl (C=O) groups is 1. The van der Waals surface area contributed by atoms with E-state index in [1.165, 1.54) is 12.8 Å². The lowest BCUT2D eigenvalue weighted by Crippen LogP contribution is -2.26. The van der Waals surface area contributed by atoms with Crippen molar-refractivity contribution in [2.45, 2.75) is 44.1 Å². The van der Waals surface area contributed by atoms with Crippen LogP contribution in [0.1, 0.15) is 54.2 Å². The van der Waals surface area contributed by atoms with Gasteiger partial charge in [-0.25, -0.2) is 0 Å². The topological polar surface area (TPSA) is 76.2 Å². The van der Waals surface area contributed by atoms with Crippen LogP contribution in [0.25, 0.3) is 0 Å². The maximum Gasteiger partial charge on any atom is 0.271 e. The second-order valence-electron chi connectivity index (χ2n) is 5.80. The Hall–Kier alpha value is -1.40. The third-order valence-corrected chi connectivity index (χ3v) is 3.93. The third kappa shape index (κ3) is 4.28. The Morgan fingerprint density at radius 3 is 3.14 bits per heavy atom. The number of carbonyl (C=O) groups excluding carboxylic acids is 1. The largest absolute Gasteiger partial charge is 0.379 e. The van der Waals surface area contributed by atoms with Gasteiger partial charge in [0.15, 0.2) is 0 Å². The van der Waals surface area contributed by atoms with Gasteiger partial charge in [0, 0.05) is 31.4 Å². The zero-order valence-corrected chi connectivity index (χ0v) is 12.3. The van der Waals surface area contributed by atoms with Gasteiger partial charge in [0.25, 0.3) is 5.91 Å². The molecule has 2 N–H and O–H groups in total. The van der Waals surface area contributed by atoms with Gasteiger partial charge in [-0.05, 0) is 38.2 Å². The molecular weight excluding hydrogens is 270 g/mol. The highest BCUT2D eigenvalue weighted by molar-refractivity contribution is 5.92. The van der Waals surface area contributed by atoms with Crippen molar-refractivity contribution in [3.63, 3.8) is 0 Å². The van der Waals surface area contributed by atoms with Crippen molar-refractivity contribution in [1.29, 1.82) is 0 Å². The van der Waals surface area contributed by atoms with Gasteiger partial charge in [0.1, 0.15) is 5.69 Å². The fourth-order valence-corrected chi connectivity index (χ4v) is 2.51. The summed E-state index contributed by atoms with van der Waals surface area (Å²) in [5.74, 6) is 0.475. The van der Waals surface area contributed by atoms with Crippen molar-refractivity contribution in [3.05, 3.63) is 17.5 Å². The monoisotopic (exact) mass is 293 g/mol. The van der Waals surface area contributed by atoms with Crippen LogP contribution in [0.5, 0.6) is 0 Å². The van der Waals surface area contributed by atoms with Crippen LogP contribution in [0.2, 0.25) is 0 Å². The summed E-state index contributed by atoms with van der Waals surface area (Å²) < 4.78 is 11.0. The molecule has 1 amide bonds. The van der Waals surface area contributed by atoms with E-state index in [0.29, 0.717) is 31.4 Å². The molecule has 1 aliphatic heterocycles. The van der Waals surface area contributed by atoms with E-state index >= 15 is 0 Å². The molecule has 0 bridgehead atoms. The number of aromatic nitrogens is 2. The van der Waals surface area contributed by atoms with Crippen LogP contribution in [0, 0.1) is 0 Å². The minimum atomic E-state index is -0.114. The number of nitrogens with zero attached hydrogens (tertiary/aromatic N) is 1. The molecule has 2 fully saturated rings. The molecule has 0 spiro atoms. The van der Waals surface area contributed by atoms with Crippen molar-refractivity contribution in [2.24, 2.45) is 0 Å². The summed E-state index contributed by atoms with van der Waals surface area (Å²) in [7, 11) is 0. The zero-order chi connectivity index (χ0) is 14.5. The Morgan fingerprint density at radius 2 is 2.38 bits per heavy atom. The molecule has 1 aromatic heterocycles. The third-order valence-electron chi connectivity index (χ3n) is 3.93. The van der Waals surface area contributed by atoms with Crippen molar-refractivity contribution in [2.75, 3.05) is 26.4 Å². The van der Waals surface area contributed by atoms with Crippen molar-refractivity contribution >= 4 is 5.91 Å². The minimum Gasteiger partial charge on any atom is -0.379 e. The number of amides is 1. The van der Waals surface area contributed by atoms with Crippen LogP contribution >= 0.6 is 0 Å². The number of rotatable bonds is 8. The Kier molecular flexibility index (Phi) is 4.87. The molecular formula is C15H23N3O3. The number of H-pyrrole nitrogens is 1. The van der Waals surface area contributed by atoms with E-state index in [9.17, 15) is 4.79 Å². The smallest absolute Gasteiger partial charge is 0.271 e. The molecule has 1 atom stereocenters. The Labute approximate surface area is 124 Å². The molecule has 2 aliphatic rings. The summed E-state index contributed by atoms with van der Waals surface area (Å²) >= 11 is 0. The molecule has 1 aliphatic carbocycles. The Balaban J connectivity index is 1.26. The molecule has 21 heavy (non-hydrogen) atoms. The van der Waals surface area contributed by atoms with E-state index in [2.05, 4.69) is 15.5 Å². The first kappa shape index (κ1) is 14.5. The first-order valence-corrected chi connectivity index (χ1v) is 7.86. The van der Waals surface area contributed by atoms with Gasteiger partial charge >= 0.3 is 0 Å². The van der Waals surface area contributed by atoms with Gasteiger partial charge in [0.05, 0.1) is 12.7 Å². The number of ether oxygens (including phenoxy) is 2. The van der Waals surface area contributed by atoms with Crippen molar-refractivity contribution in [3.8, 4) is 0 Å². The molecule has 1 unspecified atom stereocenters. The Bertz CT molecular complexity index is 464. The van der Waals surface area contributed by atoms with E-state index in [1.807, 2.05) is 6.07 Å². The lowest BCUT2D eigenvalue weighted by Gasteiger charge is -2.10. The van der Waals surface area contributed by atoms with Crippen LogP contribution < -0.4 is 5.32 Å². The van der Waals surface area contributed by atoms with Gasteiger partial charge in [-0.2, -0.15) is 5.10 Å². The maximum absolute atomic E-state index is 11.9. The molecule has 6 heteroatoms. The summed E-state index contributed by atoms with van der Waals surface area (Å²) in [6.45, 7) is 2.78. The molecule has 2 heterocycles. The summed E-state index contributed by atoms with van der Waals surface area (Å²) in [6, 6.07) is 1.86. The predicted molar refractivity (Wildman–Crippen MR) is 77.3 cm³/mol. The second-order valence-corrected chi connectivity index (χ2v) is 5.80. The summed E-state index contributed by atoms with van der Waals surface area (Å²) in [6.07, 6.45) is 5.70. The van der Waals surface area contributed by atoms with E-state index in [-0.39, 0.29) is 12.0 Å². The van der Waals surface area contributed by atoms with Crippen LogP contribution in [-0.2, 0) is 9.47 Å². The number of aromatic amines is 1. The number of hydrogen-bond acceptors (Lipinski definition) is 4. The standard InChI is InChI=1S/C15H23N3O3/c19-15(14-9-13(17-18-14)11-4-5-11)16-6-2-7-20-10-12-3-1-8-21-12/h9,11-12H,1-8,10H2,(H,16,19)(H,17,18). The van der Waals surface area contributed by atoms with Crippen molar-refractivity contribution < 1.29 is 14.3 Å². The minimum absolute atomic E-state index is 0.114. The normalized spacial score (nSPS) is 21.6. The lowest BCUT2D eigenvalue weighted by atomic mass is 10.2. The van der Waals surface area contributed by atoms with Crippen LogP contribution in [0.4, 0.5) is 0 Å². The van der Waals surface area contributed by atoms with Gasteiger partial charge < -0.3 is 14.8 Å². The molecule has 116 valence electrons. The molecule has 0 aromatic carbocycles. The highest BCUT2D eigenvalue weighted by Gasteiger charge is 2.26. The molecule has 6 nitrogen and oxygen atoms in total. The zero-order valence-electron chi connectivity index (χ0n) is 12.3. The molecule has 1 saturated carbocycles. The van der Waals surface area contributed by atoms with Gasteiger partial charge in [-0.3, -0.25) is 9.89 Å². The highest BCUT2D eigenvalue weighted by Crippen LogP contribution is 2.38. The second kappa shape index (κ2) is 7.04. The fourth-order valence-electron chi connectivity index (χ4n) is 2.51. The number of nitrogens with one attached hydrogen (secondary N) is 2. The highest BCUT2D eigenvalue weighted by atomic mass is 16.5. The Morgan fingerprint density at radius 1 is 1.48 bits per heavy atom. The van der Waals surface area contributed by atoms with E-state index in [0.717, 1.165) is 31.6 Å². The average molecular weight is 293 g/mol. The first-order valence-electron chi connectivity index (χ1n) is 7.86. The van der Waals surface area contributed by atoms with E-state index < -0.39 is 0 Å². The first-order chi connectivity index (χ1) is 10.3. The van der Waals surface area contributed by atoms with Crippen molar-refractivity contribution in [1.82, 2.24) is 15.5 Å². The quantitative estimate of drug-likeness (QED) is 0.714.